The van der Waals surface area contributed by atoms with Gasteiger partial charge in [0.05, 0.1) is 11.9 Å². The Hall–Kier alpha value is -2.44. The molecule has 0 aliphatic heterocycles. The first-order chi connectivity index (χ1) is 15.7. The van der Waals surface area contributed by atoms with Crippen LogP contribution in [0.3, 0.4) is 0 Å². The van der Waals surface area contributed by atoms with E-state index in [4.69, 9.17) is 4.98 Å². The molecule has 0 aliphatic carbocycles. The third kappa shape index (κ3) is 6.08. The molecule has 0 saturated heterocycles. The number of hydrogen-bond acceptors (Lipinski definition) is 2. The summed E-state index contributed by atoms with van der Waals surface area (Å²) in [7, 11) is 0. The number of hydrogen-bond donors (Lipinski definition) is 0. The van der Waals surface area contributed by atoms with Crippen molar-refractivity contribution in [2.24, 2.45) is 0 Å². The number of unbranched alkanes of at least 4 members (excludes halogenated alkanes) is 1. The number of benzene rings is 3. The summed E-state index contributed by atoms with van der Waals surface area (Å²) in [6, 6.07) is 30.1. The Morgan fingerprint density at radius 3 is 2.22 bits per heavy atom. The third-order valence-electron chi connectivity index (χ3n) is 5.64. The Kier molecular flexibility index (Phi) is 8.13. The van der Waals surface area contributed by atoms with Crippen LogP contribution >= 0.6 is 22.6 Å². The first-order valence-electron chi connectivity index (χ1n) is 11.3. The molecule has 0 spiro atoms. The normalized spacial score (nSPS) is 11.2. The van der Waals surface area contributed by atoms with Gasteiger partial charge in [-0.1, -0.05) is 86.1 Å². The molecule has 4 heteroatoms. The van der Waals surface area contributed by atoms with Gasteiger partial charge in [-0.25, -0.2) is 4.98 Å². The lowest BCUT2D eigenvalue weighted by atomic mass is 10.1. The van der Waals surface area contributed by atoms with Gasteiger partial charge in [0, 0.05) is 35.3 Å². The van der Waals surface area contributed by atoms with Gasteiger partial charge in [-0.3, -0.25) is 4.90 Å². The van der Waals surface area contributed by atoms with Gasteiger partial charge in [0.15, 0.2) is 0 Å². The predicted octanol–water partition coefficient (Wildman–Crippen LogP) is 7.16. The number of aromatic nitrogens is 2. The highest BCUT2D eigenvalue weighted by Crippen LogP contribution is 2.23. The predicted molar refractivity (Wildman–Crippen MR) is 141 cm³/mol. The van der Waals surface area contributed by atoms with Crippen molar-refractivity contribution in [2.75, 3.05) is 0 Å². The Morgan fingerprint density at radius 2 is 1.50 bits per heavy atom. The van der Waals surface area contributed by atoms with Gasteiger partial charge in [-0.15, -0.1) is 0 Å². The first kappa shape index (κ1) is 22.7. The van der Waals surface area contributed by atoms with Crippen LogP contribution in [0, 0.1) is 3.57 Å². The summed E-state index contributed by atoms with van der Waals surface area (Å²) in [4.78, 5) is 7.38. The lowest BCUT2D eigenvalue weighted by Crippen LogP contribution is -2.24. The molecule has 32 heavy (non-hydrogen) atoms. The van der Waals surface area contributed by atoms with Crippen molar-refractivity contribution in [3.8, 4) is 11.4 Å². The van der Waals surface area contributed by atoms with Gasteiger partial charge < -0.3 is 4.57 Å². The van der Waals surface area contributed by atoms with Crippen LogP contribution in [0.25, 0.3) is 11.4 Å². The molecule has 1 aromatic heterocycles. The van der Waals surface area contributed by atoms with E-state index in [1.165, 1.54) is 32.4 Å². The fourth-order valence-corrected chi connectivity index (χ4v) is 4.66. The minimum Gasteiger partial charge on any atom is -0.327 e. The topological polar surface area (TPSA) is 21.1 Å². The molecule has 0 bridgehead atoms. The minimum absolute atomic E-state index is 0.865. The van der Waals surface area contributed by atoms with Gasteiger partial charge in [0.2, 0.25) is 0 Å². The van der Waals surface area contributed by atoms with Crippen LogP contribution in [-0.2, 0) is 26.2 Å². The molecule has 0 atom stereocenters. The van der Waals surface area contributed by atoms with Gasteiger partial charge in [0.1, 0.15) is 5.82 Å². The maximum Gasteiger partial charge on any atom is 0.140 e. The second-order valence-corrected chi connectivity index (χ2v) is 9.45. The highest BCUT2D eigenvalue weighted by molar-refractivity contribution is 14.1. The Balaban J connectivity index is 1.63. The van der Waals surface area contributed by atoms with Crippen molar-refractivity contribution in [3.63, 3.8) is 0 Å². The van der Waals surface area contributed by atoms with E-state index in [2.05, 4.69) is 130 Å². The van der Waals surface area contributed by atoms with Crippen molar-refractivity contribution in [2.45, 2.75) is 45.9 Å². The summed E-state index contributed by atoms with van der Waals surface area (Å²) in [6.45, 7) is 5.93. The highest BCUT2D eigenvalue weighted by Gasteiger charge is 2.16. The summed E-state index contributed by atoms with van der Waals surface area (Å²) >= 11 is 2.40. The molecule has 4 rings (SSSR count). The fraction of sp³-hybridized carbons (Fsp3) is 0.250. The molecule has 0 radical (unpaired) electrons. The van der Waals surface area contributed by atoms with Crippen molar-refractivity contribution < 1.29 is 0 Å². The van der Waals surface area contributed by atoms with E-state index >= 15 is 0 Å². The molecule has 0 fully saturated rings. The van der Waals surface area contributed by atoms with Gasteiger partial charge in [-0.05, 0) is 52.3 Å². The van der Waals surface area contributed by atoms with E-state index in [0.29, 0.717) is 0 Å². The minimum atomic E-state index is 0.865. The Morgan fingerprint density at radius 1 is 0.812 bits per heavy atom. The average Bonchev–Trinajstić information content (AvgIpc) is 3.21. The molecule has 4 aromatic rings. The smallest absolute Gasteiger partial charge is 0.140 e. The summed E-state index contributed by atoms with van der Waals surface area (Å²) in [6.07, 6.45) is 4.39. The maximum absolute atomic E-state index is 4.86. The third-order valence-corrected chi connectivity index (χ3v) is 6.31. The van der Waals surface area contributed by atoms with Crippen LogP contribution in [0.15, 0.2) is 91.1 Å². The zero-order chi connectivity index (χ0) is 22.2. The Labute approximate surface area is 205 Å². The molecule has 0 aliphatic rings. The molecule has 0 unspecified atom stereocenters. The summed E-state index contributed by atoms with van der Waals surface area (Å²) < 4.78 is 3.70. The standard InChI is InChI=1S/C28H30IN3/c1-2-3-17-32-27(19-30-28(32)25-14-8-5-9-15-25)22-31(20-23-11-6-4-7-12-23)21-24-13-10-16-26(29)18-24/h4-16,18-19H,2-3,17,20-22H2,1H3. The zero-order valence-corrected chi connectivity index (χ0v) is 20.8. The molecule has 3 aromatic carbocycles. The SMILES string of the molecule is CCCCn1c(CN(Cc2ccccc2)Cc2cccc(I)c2)cnc1-c1ccccc1. The molecule has 1 heterocycles. The molecule has 0 saturated carbocycles. The fourth-order valence-electron chi connectivity index (χ4n) is 4.05. The van der Waals surface area contributed by atoms with Crippen LogP contribution in [0.5, 0.6) is 0 Å². The van der Waals surface area contributed by atoms with Crippen LogP contribution in [0.4, 0.5) is 0 Å². The van der Waals surface area contributed by atoms with Gasteiger partial charge in [0.25, 0.3) is 0 Å². The maximum atomic E-state index is 4.86. The molecule has 0 amide bonds. The van der Waals surface area contributed by atoms with Gasteiger partial charge >= 0.3 is 0 Å². The summed E-state index contributed by atoms with van der Waals surface area (Å²) in [5, 5.41) is 0. The van der Waals surface area contributed by atoms with Crippen LogP contribution in [-0.4, -0.2) is 14.5 Å². The number of rotatable bonds is 10. The summed E-state index contributed by atoms with van der Waals surface area (Å²) in [5.41, 5.74) is 5.14. The second kappa shape index (κ2) is 11.4. The van der Waals surface area contributed by atoms with E-state index < -0.39 is 0 Å². The number of nitrogens with zero attached hydrogens (tertiary/aromatic N) is 3. The molecule has 0 N–H and O–H groups in total. The highest BCUT2D eigenvalue weighted by atomic mass is 127. The van der Waals surface area contributed by atoms with E-state index in [0.717, 1.165) is 38.4 Å². The quantitative estimate of drug-likeness (QED) is 0.201. The van der Waals surface area contributed by atoms with E-state index in [-0.39, 0.29) is 0 Å². The molecule has 3 nitrogen and oxygen atoms in total. The molecular weight excluding hydrogens is 505 g/mol. The van der Waals surface area contributed by atoms with Crippen molar-refractivity contribution in [3.05, 3.63) is 112 Å². The van der Waals surface area contributed by atoms with Crippen LogP contribution in [0.2, 0.25) is 0 Å². The number of halogens is 1. The largest absolute Gasteiger partial charge is 0.327 e. The van der Waals surface area contributed by atoms with E-state index in [1.54, 1.807) is 0 Å². The first-order valence-corrected chi connectivity index (χ1v) is 12.4. The monoisotopic (exact) mass is 535 g/mol. The van der Waals surface area contributed by atoms with E-state index in [1.807, 2.05) is 0 Å². The molecular formula is C28H30IN3. The van der Waals surface area contributed by atoms with Crippen LogP contribution in [0.1, 0.15) is 36.6 Å². The zero-order valence-electron chi connectivity index (χ0n) is 18.6. The molecule has 164 valence electrons. The van der Waals surface area contributed by atoms with E-state index in [9.17, 15) is 0 Å². The van der Waals surface area contributed by atoms with Crippen molar-refractivity contribution >= 4 is 22.6 Å². The average molecular weight is 535 g/mol. The van der Waals surface area contributed by atoms with Crippen molar-refractivity contribution in [1.82, 2.24) is 14.5 Å². The van der Waals surface area contributed by atoms with Crippen molar-refractivity contribution in [1.29, 1.82) is 0 Å². The summed E-state index contributed by atoms with van der Waals surface area (Å²) in [5.74, 6) is 1.07. The lowest BCUT2D eigenvalue weighted by molar-refractivity contribution is 0.241. The number of imidazole rings is 1. The van der Waals surface area contributed by atoms with Gasteiger partial charge in [-0.2, -0.15) is 0 Å². The second-order valence-electron chi connectivity index (χ2n) is 8.21. The Bertz CT molecular complexity index is 1110. The lowest BCUT2D eigenvalue weighted by Gasteiger charge is -2.24. The van der Waals surface area contributed by atoms with Crippen LogP contribution < -0.4 is 0 Å².